The van der Waals surface area contributed by atoms with Gasteiger partial charge in [0, 0.05) is 33.5 Å². The van der Waals surface area contributed by atoms with Gasteiger partial charge in [-0.3, -0.25) is 0 Å². The normalized spacial score (nSPS) is 12.1. The number of para-hydroxylation sites is 2. The van der Waals surface area contributed by atoms with E-state index in [0.717, 1.165) is 22.7 Å². The van der Waals surface area contributed by atoms with E-state index < -0.39 is 0 Å². The van der Waals surface area contributed by atoms with Crippen molar-refractivity contribution in [1.29, 1.82) is 0 Å². The average molecular weight is 733 g/mol. The van der Waals surface area contributed by atoms with Crippen molar-refractivity contribution in [3.05, 3.63) is 206 Å². The predicted octanol–water partition coefficient (Wildman–Crippen LogP) is 15.8. The van der Waals surface area contributed by atoms with Gasteiger partial charge in [0.15, 0.2) is 0 Å². The molecule has 0 aliphatic rings. The van der Waals surface area contributed by atoms with Gasteiger partial charge in [0.2, 0.25) is 0 Å². The third-order valence-electron chi connectivity index (χ3n) is 11.8. The van der Waals surface area contributed by atoms with Gasteiger partial charge in [0.05, 0.1) is 11.0 Å². The van der Waals surface area contributed by atoms with Crippen LogP contribution < -0.4 is 4.90 Å². The first kappa shape index (κ1) is 34.6. The van der Waals surface area contributed by atoms with E-state index in [4.69, 9.17) is 0 Å². The molecular formula is C55H44N2. The summed E-state index contributed by atoms with van der Waals surface area (Å²) in [5.74, 6) is 0.489. The molecule has 0 radical (unpaired) electrons. The molecule has 0 amide bonds. The van der Waals surface area contributed by atoms with Crippen LogP contribution in [0.1, 0.15) is 38.2 Å². The lowest BCUT2D eigenvalue weighted by molar-refractivity contribution is 0.665. The van der Waals surface area contributed by atoms with E-state index in [1.807, 2.05) is 0 Å². The summed E-state index contributed by atoms with van der Waals surface area (Å²) < 4.78 is 2.45. The monoisotopic (exact) mass is 732 g/mol. The molecule has 10 rings (SSSR count). The average Bonchev–Trinajstić information content (AvgIpc) is 3.60. The summed E-state index contributed by atoms with van der Waals surface area (Å²) in [5.41, 5.74) is 13.4. The van der Waals surface area contributed by atoms with Crippen LogP contribution in [0.2, 0.25) is 0 Å². The summed E-state index contributed by atoms with van der Waals surface area (Å²) in [6.45, 7) is 4.64. The molecule has 2 heteroatoms. The Kier molecular flexibility index (Phi) is 8.88. The molecule has 1 atom stereocenters. The van der Waals surface area contributed by atoms with Gasteiger partial charge in [-0.2, -0.15) is 0 Å². The zero-order valence-electron chi connectivity index (χ0n) is 32.4. The molecule has 1 aromatic heterocycles. The Morgan fingerprint density at radius 3 is 1.40 bits per heavy atom. The van der Waals surface area contributed by atoms with Crippen LogP contribution in [0.4, 0.5) is 17.1 Å². The van der Waals surface area contributed by atoms with E-state index in [-0.39, 0.29) is 0 Å². The summed E-state index contributed by atoms with van der Waals surface area (Å²) in [6, 6.07) is 73.4. The van der Waals surface area contributed by atoms with E-state index in [1.165, 1.54) is 84.0 Å². The molecule has 10 aromatic rings. The minimum absolute atomic E-state index is 0.489. The first-order valence-electron chi connectivity index (χ1n) is 20.3. The fourth-order valence-corrected chi connectivity index (χ4v) is 9.09. The van der Waals surface area contributed by atoms with Crippen molar-refractivity contribution in [2.45, 2.75) is 32.6 Å². The zero-order chi connectivity index (χ0) is 38.3. The molecule has 57 heavy (non-hydrogen) atoms. The second kappa shape index (κ2) is 14.6. The minimum Gasteiger partial charge on any atom is -0.310 e. The molecule has 0 aliphatic carbocycles. The number of fused-ring (bicyclic) bond motifs is 5. The van der Waals surface area contributed by atoms with Crippen molar-refractivity contribution < 1.29 is 0 Å². The number of aromatic nitrogens is 1. The molecule has 0 fully saturated rings. The van der Waals surface area contributed by atoms with Gasteiger partial charge in [-0.25, -0.2) is 0 Å². The van der Waals surface area contributed by atoms with Gasteiger partial charge in [-0.15, -0.1) is 0 Å². The van der Waals surface area contributed by atoms with E-state index in [2.05, 4.69) is 224 Å². The highest BCUT2D eigenvalue weighted by Crippen LogP contribution is 2.45. The second-order valence-electron chi connectivity index (χ2n) is 15.3. The highest BCUT2D eigenvalue weighted by molar-refractivity contribution is 6.21. The van der Waals surface area contributed by atoms with Crippen LogP contribution in [-0.4, -0.2) is 4.57 Å². The number of hydrogen-bond acceptors (Lipinski definition) is 1. The highest BCUT2D eigenvalue weighted by atomic mass is 15.1. The highest BCUT2D eigenvalue weighted by Gasteiger charge is 2.20. The smallest absolute Gasteiger partial charge is 0.0542 e. The van der Waals surface area contributed by atoms with Crippen molar-refractivity contribution >= 4 is 60.4 Å². The molecule has 0 N–H and O–H groups in total. The number of nitrogens with zero attached hydrogens (tertiary/aromatic N) is 2. The standard InChI is InChI=1S/C55H44N2/c1-3-17-38(2)41-30-34-52-50(36-41)51-37-45(56(42-20-9-5-10-21-42)43-22-11-6-12-23-43)33-35-53(51)57(52)44-31-28-40(29-32-44)55-48-26-15-13-24-46(48)54(39-18-7-4-8-19-39)47-25-14-16-27-49(47)55/h4-16,18-38H,3,17H2,1-2H3. The van der Waals surface area contributed by atoms with Gasteiger partial charge in [-0.05, 0) is 128 Å². The van der Waals surface area contributed by atoms with Crippen LogP contribution in [0.15, 0.2) is 200 Å². The topological polar surface area (TPSA) is 8.17 Å². The molecular weight excluding hydrogens is 689 g/mol. The number of benzene rings is 9. The van der Waals surface area contributed by atoms with Gasteiger partial charge >= 0.3 is 0 Å². The van der Waals surface area contributed by atoms with Gasteiger partial charge in [0.25, 0.3) is 0 Å². The second-order valence-corrected chi connectivity index (χ2v) is 15.3. The lowest BCUT2D eigenvalue weighted by atomic mass is 9.86. The Morgan fingerprint density at radius 2 is 0.877 bits per heavy atom. The van der Waals surface area contributed by atoms with Crippen molar-refractivity contribution in [1.82, 2.24) is 4.57 Å². The van der Waals surface area contributed by atoms with Gasteiger partial charge < -0.3 is 9.47 Å². The molecule has 0 bridgehead atoms. The summed E-state index contributed by atoms with van der Waals surface area (Å²) in [4.78, 5) is 2.36. The molecule has 0 saturated heterocycles. The largest absolute Gasteiger partial charge is 0.310 e. The predicted molar refractivity (Wildman–Crippen MR) is 245 cm³/mol. The molecule has 0 spiro atoms. The third-order valence-corrected chi connectivity index (χ3v) is 11.8. The van der Waals surface area contributed by atoms with Crippen molar-refractivity contribution in [3.8, 4) is 27.9 Å². The maximum atomic E-state index is 2.45. The van der Waals surface area contributed by atoms with E-state index in [0.29, 0.717) is 5.92 Å². The minimum atomic E-state index is 0.489. The summed E-state index contributed by atoms with van der Waals surface area (Å²) in [5, 5.41) is 7.61. The third kappa shape index (κ3) is 6.06. The molecule has 2 nitrogen and oxygen atoms in total. The summed E-state index contributed by atoms with van der Waals surface area (Å²) in [6.07, 6.45) is 2.34. The SMILES string of the molecule is CCCC(C)c1ccc2c(c1)c1cc(N(c3ccccc3)c3ccccc3)ccc1n2-c1ccc(-c2c3ccccc3c(-c3ccccc3)c3ccccc23)cc1. The van der Waals surface area contributed by atoms with Crippen molar-refractivity contribution in [3.63, 3.8) is 0 Å². The van der Waals surface area contributed by atoms with Crippen LogP contribution in [0, 0.1) is 0 Å². The Hall–Kier alpha value is -6.90. The lowest BCUT2D eigenvalue weighted by Crippen LogP contribution is -2.09. The molecule has 1 unspecified atom stereocenters. The molecule has 274 valence electrons. The van der Waals surface area contributed by atoms with Crippen LogP contribution in [0.5, 0.6) is 0 Å². The molecule has 0 aliphatic heterocycles. The number of anilines is 3. The number of rotatable bonds is 9. The lowest BCUT2D eigenvalue weighted by Gasteiger charge is -2.25. The first-order valence-corrected chi connectivity index (χ1v) is 20.3. The van der Waals surface area contributed by atoms with Crippen molar-refractivity contribution in [2.24, 2.45) is 0 Å². The van der Waals surface area contributed by atoms with Crippen LogP contribution in [-0.2, 0) is 0 Å². The Morgan fingerprint density at radius 1 is 0.421 bits per heavy atom. The quantitative estimate of drug-likeness (QED) is 0.134. The van der Waals surface area contributed by atoms with Crippen LogP contribution >= 0.6 is 0 Å². The van der Waals surface area contributed by atoms with E-state index in [1.54, 1.807) is 0 Å². The summed E-state index contributed by atoms with van der Waals surface area (Å²) in [7, 11) is 0. The van der Waals surface area contributed by atoms with E-state index in [9.17, 15) is 0 Å². The van der Waals surface area contributed by atoms with E-state index >= 15 is 0 Å². The maximum absolute atomic E-state index is 2.45. The fraction of sp³-hybridized carbons (Fsp3) is 0.0909. The Balaban J connectivity index is 1.16. The Labute approximate surface area is 334 Å². The number of hydrogen-bond donors (Lipinski definition) is 0. The fourth-order valence-electron chi connectivity index (χ4n) is 9.09. The van der Waals surface area contributed by atoms with Crippen LogP contribution in [0.3, 0.4) is 0 Å². The Bertz CT molecular complexity index is 2920. The molecule has 9 aromatic carbocycles. The van der Waals surface area contributed by atoms with Crippen LogP contribution in [0.25, 0.3) is 71.3 Å². The maximum Gasteiger partial charge on any atom is 0.0542 e. The molecule has 0 saturated carbocycles. The molecule has 1 heterocycles. The summed E-state index contributed by atoms with van der Waals surface area (Å²) >= 11 is 0. The van der Waals surface area contributed by atoms with Crippen molar-refractivity contribution in [2.75, 3.05) is 4.90 Å². The van der Waals surface area contributed by atoms with Gasteiger partial charge in [0.1, 0.15) is 0 Å². The first-order chi connectivity index (χ1) is 28.2. The zero-order valence-corrected chi connectivity index (χ0v) is 32.4. The van der Waals surface area contributed by atoms with Gasteiger partial charge in [-0.1, -0.05) is 154 Å².